The Hall–Kier alpha value is -3.17. The van der Waals surface area contributed by atoms with Gasteiger partial charge in [0.05, 0.1) is 20.3 Å². The maximum Gasteiger partial charge on any atom is 0.239 e. The summed E-state index contributed by atoms with van der Waals surface area (Å²) in [6.45, 7) is 1.90. The highest BCUT2D eigenvalue weighted by Gasteiger charge is 2.31. The van der Waals surface area contributed by atoms with Crippen molar-refractivity contribution in [2.45, 2.75) is 31.5 Å². The van der Waals surface area contributed by atoms with Crippen molar-refractivity contribution in [1.82, 2.24) is 30.8 Å². The van der Waals surface area contributed by atoms with Gasteiger partial charge >= 0.3 is 0 Å². The van der Waals surface area contributed by atoms with Crippen molar-refractivity contribution in [3.63, 3.8) is 0 Å². The number of carbonyl (C=O) groups is 1. The molecule has 3 N–H and O–H groups in total. The number of hydrazine groups is 1. The van der Waals surface area contributed by atoms with Crippen LogP contribution in [0.15, 0.2) is 42.6 Å². The zero-order valence-electron chi connectivity index (χ0n) is 16.5. The Balaban J connectivity index is 1.42. The Bertz CT molecular complexity index is 1020. The van der Waals surface area contributed by atoms with Crippen molar-refractivity contribution in [2.24, 2.45) is 0 Å². The van der Waals surface area contributed by atoms with Crippen LogP contribution in [0.5, 0.6) is 11.5 Å². The molecule has 0 aliphatic carbocycles. The average molecular weight is 396 g/mol. The number of hydrogen-bond donors (Lipinski definition) is 3. The van der Waals surface area contributed by atoms with E-state index in [0.29, 0.717) is 23.7 Å². The van der Waals surface area contributed by atoms with Gasteiger partial charge in [0.1, 0.15) is 6.04 Å². The minimum atomic E-state index is -0.366. The summed E-state index contributed by atoms with van der Waals surface area (Å²) in [7, 11) is 3.21. The van der Waals surface area contributed by atoms with Crippen molar-refractivity contribution in [2.75, 3.05) is 14.2 Å². The fraction of sp³-hybridized carbons (Fsp3) is 0.350. The highest BCUT2D eigenvalue weighted by molar-refractivity contribution is 5.82. The maximum absolute atomic E-state index is 12.8. The van der Waals surface area contributed by atoms with Crippen LogP contribution < -0.4 is 25.6 Å². The molecule has 1 aliphatic rings. The molecule has 1 amide bonds. The molecular weight excluding hydrogens is 372 g/mol. The van der Waals surface area contributed by atoms with Crippen LogP contribution >= 0.6 is 0 Å². The van der Waals surface area contributed by atoms with E-state index < -0.39 is 0 Å². The molecule has 9 heteroatoms. The number of aromatic nitrogens is 3. The summed E-state index contributed by atoms with van der Waals surface area (Å²) in [4.78, 5) is 12.8. The molecule has 0 bridgehead atoms. The zero-order valence-corrected chi connectivity index (χ0v) is 16.5. The van der Waals surface area contributed by atoms with Gasteiger partial charge in [0, 0.05) is 12.2 Å². The van der Waals surface area contributed by atoms with Crippen LogP contribution in [0.25, 0.3) is 5.65 Å². The lowest BCUT2D eigenvalue weighted by Gasteiger charge is -2.16. The Morgan fingerprint density at radius 1 is 1.17 bits per heavy atom. The third kappa shape index (κ3) is 3.74. The molecule has 152 valence electrons. The van der Waals surface area contributed by atoms with Gasteiger partial charge in [-0.15, -0.1) is 10.2 Å². The maximum atomic E-state index is 12.8. The molecule has 1 aromatic carbocycles. The lowest BCUT2D eigenvalue weighted by Crippen LogP contribution is -2.44. The molecule has 0 saturated carbocycles. The van der Waals surface area contributed by atoms with E-state index >= 15 is 0 Å². The van der Waals surface area contributed by atoms with Crippen molar-refractivity contribution < 1.29 is 14.3 Å². The molecule has 1 saturated heterocycles. The first-order valence-corrected chi connectivity index (χ1v) is 9.43. The molecule has 2 aromatic heterocycles. The molecule has 3 atom stereocenters. The summed E-state index contributed by atoms with van der Waals surface area (Å²) >= 11 is 0. The van der Waals surface area contributed by atoms with Crippen molar-refractivity contribution in [3.8, 4) is 11.5 Å². The topological polar surface area (TPSA) is 102 Å². The summed E-state index contributed by atoms with van der Waals surface area (Å²) in [6.07, 6.45) is 2.49. The van der Waals surface area contributed by atoms with Gasteiger partial charge in [0.2, 0.25) is 5.91 Å². The number of nitrogens with one attached hydrogen (secondary N) is 3. The second-order valence-electron chi connectivity index (χ2n) is 6.96. The number of nitrogens with zero attached hydrogens (tertiary/aromatic N) is 3. The van der Waals surface area contributed by atoms with E-state index in [9.17, 15) is 4.79 Å². The number of ether oxygens (including phenoxy) is 2. The SMILES string of the molecule is COc1ccc(C2CC(C(=O)NC(C)c3nnc4ccccn34)NN2)cc1OC. The lowest BCUT2D eigenvalue weighted by molar-refractivity contribution is -0.123. The summed E-state index contributed by atoms with van der Waals surface area (Å²) in [6, 6.07) is 10.8. The van der Waals surface area contributed by atoms with Crippen molar-refractivity contribution >= 4 is 11.6 Å². The number of methoxy groups -OCH3 is 2. The smallest absolute Gasteiger partial charge is 0.239 e. The van der Waals surface area contributed by atoms with E-state index in [1.54, 1.807) is 14.2 Å². The minimum absolute atomic E-state index is 0.0187. The molecule has 1 aliphatic heterocycles. The third-order valence-electron chi connectivity index (χ3n) is 5.12. The summed E-state index contributed by atoms with van der Waals surface area (Å²) < 4.78 is 12.5. The Morgan fingerprint density at radius 2 is 2.00 bits per heavy atom. The molecule has 3 heterocycles. The van der Waals surface area contributed by atoms with E-state index in [2.05, 4.69) is 26.4 Å². The number of benzene rings is 1. The third-order valence-corrected chi connectivity index (χ3v) is 5.12. The Labute approximate surface area is 168 Å². The first-order valence-electron chi connectivity index (χ1n) is 9.43. The highest BCUT2D eigenvalue weighted by Crippen LogP contribution is 2.32. The van der Waals surface area contributed by atoms with Crippen LogP contribution in [0.3, 0.4) is 0 Å². The first-order chi connectivity index (χ1) is 14.1. The van der Waals surface area contributed by atoms with Crippen molar-refractivity contribution in [1.29, 1.82) is 0 Å². The molecule has 0 spiro atoms. The van der Waals surface area contributed by atoms with E-state index in [-0.39, 0.29) is 24.0 Å². The quantitative estimate of drug-likeness (QED) is 0.581. The molecule has 0 radical (unpaired) electrons. The zero-order chi connectivity index (χ0) is 20.4. The molecule has 29 heavy (non-hydrogen) atoms. The number of fused-ring (bicyclic) bond motifs is 1. The van der Waals surface area contributed by atoms with Crippen LogP contribution in [0.1, 0.15) is 36.8 Å². The number of pyridine rings is 1. The predicted molar refractivity (Wildman–Crippen MR) is 107 cm³/mol. The van der Waals surface area contributed by atoms with Crippen LogP contribution in [0.4, 0.5) is 0 Å². The summed E-state index contributed by atoms with van der Waals surface area (Å²) in [5.41, 5.74) is 8.04. The lowest BCUT2D eigenvalue weighted by atomic mass is 10.0. The predicted octanol–water partition coefficient (Wildman–Crippen LogP) is 1.53. The fourth-order valence-corrected chi connectivity index (χ4v) is 3.55. The van der Waals surface area contributed by atoms with E-state index in [0.717, 1.165) is 11.2 Å². The molecule has 3 aromatic rings. The summed E-state index contributed by atoms with van der Waals surface area (Å²) in [5, 5.41) is 11.4. The molecule has 4 rings (SSSR count). The van der Waals surface area contributed by atoms with Gasteiger partial charge in [-0.3, -0.25) is 9.20 Å². The fourth-order valence-electron chi connectivity index (χ4n) is 3.55. The van der Waals surface area contributed by atoms with Gasteiger partial charge in [0.25, 0.3) is 0 Å². The minimum Gasteiger partial charge on any atom is -0.493 e. The molecule has 3 unspecified atom stereocenters. The number of hydrogen-bond acceptors (Lipinski definition) is 7. The van der Waals surface area contributed by atoms with E-state index in [1.807, 2.05) is 53.9 Å². The van der Waals surface area contributed by atoms with Crippen LogP contribution in [-0.4, -0.2) is 40.8 Å². The van der Waals surface area contributed by atoms with Gasteiger partial charge in [-0.2, -0.15) is 0 Å². The standard InChI is InChI=1S/C20H24N6O3/c1-12(19-25-24-18-6-4-5-9-26(18)19)21-20(27)15-11-14(22-23-15)13-7-8-16(28-2)17(10-13)29-3/h4-10,12,14-15,22-23H,11H2,1-3H3,(H,21,27). The number of carbonyl (C=O) groups excluding carboxylic acids is 1. The van der Waals surface area contributed by atoms with Crippen LogP contribution in [-0.2, 0) is 4.79 Å². The van der Waals surface area contributed by atoms with Gasteiger partial charge in [-0.05, 0) is 43.2 Å². The van der Waals surface area contributed by atoms with Gasteiger partial charge in [0.15, 0.2) is 23.0 Å². The first kappa shape index (κ1) is 19.2. The van der Waals surface area contributed by atoms with Gasteiger partial charge in [-0.1, -0.05) is 12.1 Å². The molecule has 9 nitrogen and oxygen atoms in total. The van der Waals surface area contributed by atoms with Gasteiger partial charge < -0.3 is 14.8 Å². The number of amides is 1. The summed E-state index contributed by atoms with van der Waals surface area (Å²) in [5.74, 6) is 1.93. The van der Waals surface area contributed by atoms with E-state index in [1.165, 1.54) is 0 Å². The van der Waals surface area contributed by atoms with E-state index in [4.69, 9.17) is 9.47 Å². The highest BCUT2D eigenvalue weighted by atomic mass is 16.5. The number of rotatable bonds is 6. The van der Waals surface area contributed by atoms with Crippen LogP contribution in [0.2, 0.25) is 0 Å². The van der Waals surface area contributed by atoms with Gasteiger partial charge in [-0.25, -0.2) is 10.9 Å². The monoisotopic (exact) mass is 396 g/mol. The van der Waals surface area contributed by atoms with Crippen molar-refractivity contribution in [3.05, 3.63) is 54.0 Å². The largest absolute Gasteiger partial charge is 0.493 e. The second kappa shape index (κ2) is 8.06. The Morgan fingerprint density at radius 3 is 2.79 bits per heavy atom. The molecule has 1 fully saturated rings. The molecular formula is C20H24N6O3. The Kier molecular flexibility index (Phi) is 5.32. The second-order valence-corrected chi connectivity index (χ2v) is 6.96. The van der Waals surface area contributed by atoms with Crippen LogP contribution in [0, 0.1) is 0 Å². The normalized spacial score (nSPS) is 19.8. The average Bonchev–Trinajstić information content (AvgIpc) is 3.40.